The van der Waals surface area contributed by atoms with Gasteiger partial charge in [0.1, 0.15) is 8.89 Å². The van der Waals surface area contributed by atoms with Gasteiger partial charge in [0.25, 0.3) is 0 Å². The zero-order valence-electron chi connectivity index (χ0n) is 13.4. The van der Waals surface area contributed by atoms with Crippen molar-refractivity contribution >= 4 is 26.1 Å². The van der Waals surface area contributed by atoms with Gasteiger partial charge >= 0.3 is 0 Å². The monoisotopic (exact) mass is 322 g/mol. The molecular weight excluding hydrogens is 298 g/mol. The fourth-order valence-electron chi connectivity index (χ4n) is 1.69. The van der Waals surface area contributed by atoms with Crippen molar-refractivity contribution in [3.8, 4) is 0 Å². The van der Waals surface area contributed by atoms with Crippen LogP contribution in [0, 0.1) is 0 Å². The minimum atomic E-state index is -0.783. The summed E-state index contributed by atoms with van der Waals surface area (Å²) >= 11 is 0. The average molecular weight is 322 g/mol. The molecule has 0 aliphatic heterocycles. The van der Waals surface area contributed by atoms with Crippen LogP contribution in [0.5, 0.6) is 0 Å². The fourth-order valence-corrected chi connectivity index (χ4v) is 1.95. The first-order valence-electron chi connectivity index (χ1n) is 7.22. The molecule has 0 radical (unpaired) electrons. The van der Waals surface area contributed by atoms with E-state index in [1.54, 1.807) is 18.5 Å². The first-order valence-corrected chi connectivity index (χ1v) is 8.10. The van der Waals surface area contributed by atoms with Gasteiger partial charge in [-0.25, -0.2) is 4.20 Å². The van der Waals surface area contributed by atoms with E-state index in [-0.39, 0.29) is 0 Å². The van der Waals surface area contributed by atoms with Crippen LogP contribution in [0.4, 0.5) is 4.20 Å². The van der Waals surface area contributed by atoms with E-state index in [4.69, 9.17) is 0 Å². The van der Waals surface area contributed by atoms with Crippen molar-refractivity contribution in [2.24, 2.45) is 4.99 Å². The second kappa shape index (κ2) is 10.3. The van der Waals surface area contributed by atoms with Crippen molar-refractivity contribution in [1.82, 2.24) is 15.6 Å². The Balaban J connectivity index is 2.67. The first kappa shape index (κ1) is 18.6. The number of hydrogen-bond acceptors (Lipinski definition) is 4. The molecule has 4 nitrogen and oxygen atoms in total. The van der Waals surface area contributed by atoms with Crippen LogP contribution in [0.2, 0.25) is 0 Å². The zero-order chi connectivity index (χ0) is 16.4. The van der Waals surface area contributed by atoms with Crippen LogP contribution in [-0.4, -0.2) is 30.5 Å². The van der Waals surface area contributed by atoms with Gasteiger partial charge in [0.15, 0.2) is 0 Å². The largest absolute Gasteiger partial charge is 0.302 e. The van der Waals surface area contributed by atoms with E-state index in [1.165, 1.54) is 0 Å². The average Bonchev–Trinajstić information content (AvgIpc) is 2.51. The lowest BCUT2D eigenvalue weighted by atomic mass is 10.1. The number of nitrogens with zero attached hydrogens (tertiary/aromatic N) is 2. The number of rotatable bonds is 9. The third-order valence-corrected chi connectivity index (χ3v) is 3.30. The van der Waals surface area contributed by atoms with Crippen LogP contribution in [0.1, 0.15) is 26.3 Å². The molecule has 0 bridgehead atoms. The van der Waals surface area contributed by atoms with Crippen LogP contribution >= 0.6 is 8.89 Å². The molecule has 1 heterocycles. The standard InChI is InChI=1S/C16H24FN4P/c1-5-19-15(10-18-11-21-12(2)3)8-13(4)14-6-7-16(22-17)20-9-14/h5-9,12,18,21-22H,4,10-11H2,1-3H3/b15-8-,19-5-. The number of pyridine rings is 1. The number of halogens is 1. The Morgan fingerprint density at radius 3 is 2.82 bits per heavy atom. The molecule has 22 heavy (non-hydrogen) atoms. The van der Waals surface area contributed by atoms with E-state index >= 15 is 0 Å². The normalized spacial score (nSPS) is 12.9. The van der Waals surface area contributed by atoms with Crippen molar-refractivity contribution in [2.45, 2.75) is 26.8 Å². The molecular formula is C16H24FN4P. The Morgan fingerprint density at radius 1 is 1.50 bits per heavy atom. The molecule has 6 heteroatoms. The highest BCUT2D eigenvalue weighted by molar-refractivity contribution is 7.41. The highest BCUT2D eigenvalue weighted by Crippen LogP contribution is 2.16. The summed E-state index contributed by atoms with van der Waals surface area (Å²) in [6, 6.07) is 3.94. The van der Waals surface area contributed by atoms with Crippen molar-refractivity contribution in [3.05, 3.63) is 42.2 Å². The molecule has 0 saturated carbocycles. The summed E-state index contributed by atoms with van der Waals surface area (Å²) in [4.78, 5) is 8.40. The van der Waals surface area contributed by atoms with Crippen LogP contribution in [0.15, 0.2) is 41.7 Å². The molecule has 0 amide bonds. The van der Waals surface area contributed by atoms with Gasteiger partial charge in [-0.1, -0.05) is 12.6 Å². The van der Waals surface area contributed by atoms with Crippen molar-refractivity contribution in [2.75, 3.05) is 13.2 Å². The molecule has 1 rings (SSSR count). The predicted molar refractivity (Wildman–Crippen MR) is 95.7 cm³/mol. The summed E-state index contributed by atoms with van der Waals surface area (Å²) < 4.78 is 12.5. The van der Waals surface area contributed by atoms with Gasteiger partial charge < -0.3 is 5.32 Å². The van der Waals surface area contributed by atoms with Gasteiger partial charge in [-0.05, 0) is 44.1 Å². The first-order chi connectivity index (χ1) is 10.6. The molecule has 0 aliphatic carbocycles. The Morgan fingerprint density at radius 2 is 2.27 bits per heavy atom. The summed E-state index contributed by atoms with van der Waals surface area (Å²) in [5.74, 6) is 0. The van der Waals surface area contributed by atoms with Gasteiger partial charge in [0.2, 0.25) is 0 Å². The summed E-state index contributed by atoms with van der Waals surface area (Å²) in [7, 11) is -0.783. The van der Waals surface area contributed by atoms with Crippen molar-refractivity contribution < 1.29 is 4.20 Å². The zero-order valence-corrected chi connectivity index (χ0v) is 14.4. The minimum absolute atomic E-state index is 0.436. The SMILES string of the molecule is C=C(/C=C(CNCNC(C)C)\N=C/C)c1ccc(PF)nc1. The van der Waals surface area contributed by atoms with Gasteiger partial charge in [0, 0.05) is 31.7 Å². The summed E-state index contributed by atoms with van der Waals surface area (Å²) in [6.07, 6.45) is 5.31. The summed E-state index contributed by atoms with van der Waals surface area (Å²) in [5.41, 5.74) is 3.01. The van der Waals surface area contributed by atoms with Gasteiger partial charge in [-0.3, -0.25) is 15.3 Å². The lowest BCUT2D eigenvalue weighted by Gasteiger charge is -2.10. The number of hydrogen-bond donors (Lipinski definition) is 2. The van der Waals surface area contributed by atoms with E-state index in [9.17, 15) is 4.20 Å². The maximum atomic E-state index is 12.5. The number of aromatic nitrogens is 1. The highest BCUT2D eigenvalue weighted by atomic mass is 31.1. The molecule has 1 aromatic heterocycles. The number of nitrogens with one attached hydrogen (secondary N) is 2. The highest BCUT2D eigenvalue weighted by Gasteiger charge is 2.01. The van der Waals surface area contributed by atoms with E-state index in [2.05, 4.69) is 41.0 Å². The topological polar surface area (TPSA) is 49.3 Å². The maximum absolute atomic E-state index is 12.5. The smallest absolute Gasteiger partial charge is 0.117 e. The molecule has 0 saturated heterocycles. The second-order valence-corrected chi connectivity index (χ2v) is 5.74. The number of aliphatic imine (C=N–C) groups is 1. The molecule has 0 aliphatic rings. The van der Waals surface area contributed by atoms with Crippen molar-refractivity contribution in [3.63, 3.8) is 0 Å². The summed E-state index contributed by atoms with van der Waals surface area (Å²) in [6.45, 7) is 11.5. The molecule has 1 aromatic rings. The quantitative estimate of drug-likeness (QED) is 0.242. The molecule has 0 fully saturated rings. The van der Waals surface area contributed by atoms with Crippen LogP contribution in [-0.2, 0) is 0 Å². The van der Waals surface area contributed by atoms with Gasteiger partial charge in [-0.2, -0.15) is 0 Å². The van der Waals surface area contributed by atoms with E-state index in [0.717, 1.165) is 16.8 Å². The van der Waals surface area contributed by atoms with Gasteiger partial charge in [-0.15, -0.1) is 0 Å². The number of allylic oxidation sites excluding steroid dienone is 2. The molecule has 0 spiro atoms. The minimum Gasteiger partial charge on any atom is -0.302 e. The maximum Gasteiger partial charge on any atom is 0.117 e. The van der Waals surface area contributed by atoms with Crippen LogP contribution in [0.3, 0.4) is 0 Å². The van der Waals surface area contributed by atoms with Crippen LogP contribution in [0.25, 0.3) is 5.57 Å². The third kappa shape index (κ3) is 7.03. The predicted octanol–water partition coefficient (Wildman–Crippen LogP) is 2.80. The Kier molecular flexibility index (Phi) is 8.75. The van der Waals surface area contributed by atoms with Gasteiger partial charge in [0.05, 0.1) is 11.1 Å². The lowest BCUT2D eigenvalue weighted by molar-refractivity contribution is 0.540. The lowest BCUT2D eigenvalue weighted by Crippen LogP contribution is -2.34. The Bertz CT molecular complexity index is 523. The second-order valence-electron chi connectivity index (χ2n) is 5.04. The van der Waals surface area contributed by atoms with E-state index in [1.807, 2.05) is 19.1 Å². The molecule has 120 valence electrons. The third-order valence-electron chi connectivity index (χ3n) is 2.81. The molecule has 2 N–H and O–H groups in total. The summed E-state index contributed by atoms with van der Waals surface area (Å²) in [5, 5.41) is 6.56. The molecule has 1 unspecified atom stereocenters. The molecule has 0 aromatic carbocycles. The fraction of sp³-hybridized carbons (Fsp3) is 0.375. The Labute approximate surface area is 133 Å². The van der Waals surface area contributed by atoms with Crippen molar-refractivity contribution in [1.29, 1.82) is 0 Å². The molecule has 1 atom stereocenters. The Hall–Kier alpha value is -1.42. The van der Waals surface area contributed by atoms with Crippen LogP contribution < -0.4 is 16.1 Å². The van der Waals surface area contributed by atoms with E-state index in [0.29, 0.717) is 24.7 Å². The van der Waals surface area contributed by atoms with E-state index < -0.39 is 8.89 Å².